The minimum Gasteiger partial charge on any atom is -0.344 e. The Hall–Kier alpha value is -2.96. The molecule has 118 valence electrons. The number of aryl methyl sites for hydroxylation is 1. The molecule has 1 atom stereocenters. The predicted octanol–water partition coefficient (Wildman–Crippen LogP) is 1.46. The fraction of sp³-hybridized carbons (Fsp3) is 0.250. The SMILES string of the molecule is Cc1c(C(C)NC(=O)c2n[nH]c(=O)c3ccccc23)cnn1C. The average molecular weight is 311 g/mol. The van der Waals surface area contributed by atoms with Crippen LogP contribution in [-0.2, 0) is 7.05 Å². The second kappa shape index (κ2) is 5.68. The van der Waals surface area contributed by atoms with Gasteiger partial charge in [0.25, 0.3) is 11.5 Å². The number of aromatic amines is 1. The molecular weight excluding hydrogens is 294 g/mol. The van der Waals surface area contributed by atoms with E-state index in [1.54, 1.807) is 35.1 Å². The van der Waals surface area contributed by atoms with Crippen molar-refractivity contribution in [3.63, 3.8) is 0 Å². The van der Waals surface area contributed by atoms with E-state index in [9.17, 15) is 9.59 Å². The highest BCUT2D eigenvalue weighted by atomic mass is 16.2. The first-order chi connectivity index (χ1) is 11.0. The van der Waals surface area contributed by atoms with Crippen LogP contribution in [0.5, 0.6) is 0 Å². The quantitative estimate of drug-likeness (QED) is 0.766. The highest BCUT2D eigenvalue weighted by Gasteiger charge is 2.19. The van der Waals surface area contributed by atoms with Crippen molar-refractivity contribution in [2.45, 2.75) is 19.9 Å². The molecule has 2 heterocycles. The number of benzene rings is 1. The van der Waals surface area contributed by atoms with E-state index >= 15 is 0 Å². The second-order valence-corrected chi connectivity index (χ2v) is 5.45. The molecule has 0 bridgehead atoms. The van der Waals surface area contributed by atoms with Gasteiger partial charge < -0.3 is 5.32 Å². The van der Waals surface area contributed by atoms with Gasteiger partial charge in [-0.15, -0.1) is 0 Å². The van der Waals surface area contributed by atoms with E-state index in [0.717, 1.165) is 11.3 Å². The van der Waals surface area contributed by atoms with Gasteiger partial charge >= 0.3 is 0 Å². The Morgan fingerprint density at radius 1 is 1.30 bits per heavy atom. The van der Waals surface area contributed by atoms with Crippen molar-refractivity contribution in [3.05, 3.63) is 57.8 Å². The molecule has 3 rings (SSSR count). The van der Waals surface area contributed by atoms with Crippen LogP contribution in [-0.4, -0.2) is 25.9 Å². The number of amides is 1. The van der Waals surface area contributed by atoms with Crippen molar-refractivity contribution in [1.82, 2.24) is 25.3 Å². The standard InChI is InChI=1S/C16H17N5O2/c1-9(13-8-17-21(3)10(13)2)18-16(23)14-11-6-4-5-7-12(11)15(22)20-19-14/h4-9H,1-3H3,(H,18,23)(H,20,22). The van der Waals surface area contributed by atoms with E-state index in [0.29, 0.717) is 10.8 Å². The number of fused-ring (bicyclic) bond motifs is 1. The molecule has 3 aromatic rings. The first kappa shape index (κ1) is 15.0. The van der Waals surface area contributed by atoms with E-state index in [-0.39, 0.29) is 23.2 Å². The number of H-pyrrole nitrogens is 1. The summed E-state index contributed by atoms with van der Waals surface area (Å²) in [6.07, 6.45) is 1.73. The molecule has 0 aliphatic heterocycles. The summed E-state index contributed by atoms with van der Waals surface area (Å²) in [7, 11) is 1.85. The molecule has 0 aliphatic carbocycles. The minimum atomic E-state index is -0.340. The topological polar surface area (TPSA) is 92.7 Å². The fourth-order valence-electron chi connectivity index (χ4n) is 2.57. The maximum absolute atomic E-state index is 12.5. The molecule has 7 nitrogen and oxygen atoms in total. The number of rotatable bonds is 3. The second-order valence-electron chi connectivity index (χ2n) is 5.45. The number of hydrogen-bond acceptors (Lipinski definition) is 4. The van der Waals surface area contributed by atoms with Crippen LogP contribution in [0.4, 0.5) is 0 Å². The van der Waals surface area contributed by atoms with Crippen molar-refractivity contribution >= 4 is 16.7 Å². The lowest BCUT2D eigenvalue weighted by molar-refractivity contribution is 0.0935. The van der Waals surface area contributed by atoms with E-state index in [1.165, 1.54) is 0 Å². The zero-order valence-electron chi connectivity index (χ0n) is 13.1. The van der Waals surface area contributed by atoms with Gasteiger partial charge in [-0.2, -0.15) is 10.2 Å². The molecule has 2 N–H and O–H groups in total. The summed E-state index contributed by atoms with van der Waals surface area (Å²) in [5.74, 6) is -0.340. The molecule has 1 amide bonds. The molecule has 0 fully saturated rings. The van der Waals surface area contributed by atoms with Crippen LogP contribution in [0.3, 0.4) is 0 Å². The van der Waals surface area contributed by atoms with Crippen LogP contribution in [0.1, 0.15) is 34.7 Å². The third-order valence-corrected chi connectivity index (χ3v) is 4.00. The number of carbonyl (C=O) groups is 1. The smallest absolute Gasteiger partial charge is 0.272 e. The summed E-state index contributed by atoms with van der Waals surface area (Å²) >= 11 is 0. The van der Waals surface area contributed by atoms with E-state index in [2.05, 4.69) is 20.6 Å². The van der Waals surface area contributed by atoms with Gasteiger partial charge in [0, 0.05) is 23.7 Å². The highest BCUT2D eigenvalue weighted by molar-refractivity contribution is 6.04. The lowest BCUT2D eigenvalue weighted by Gasteiger charge is -2.14. The monoisotopic (exact) mass is 311 g/mol. The van der Waals surface area contributed by atoms with Gasteiger partial charge in [0.05, 0.1) is 17.6 Å². The summed E-state index contributed by atoms with van der Waals surface area (Å²) < 4.78 is 1.76. The largest absolute Gasteiger partial charge is 0.344 e. The molecule has 1 unspecified atom stereocenters. The Morgan fingerprint density at radius 2 is 2.00 bits per heavy atom. The van der Waals surface area contributed by atoms with Gasteiger partial charge in [0.15, 0.2) is 5.69 Å². The fourth-order valence-corrected chi connectivity index (χ4v) is 2.57. The summed E-state index contributed by atoms with van der Waals surface area (Å²) in [5, 5.41) is 14.3. The molecule has 0 saturated carbocycles. The zero-order valence-corrected chi connectivity index (χ0v) is 13.1. The first-order valence-electron chi connectivity index (χ1n) is 7.26. The van der Waals surface area contributed by atoms with Gasteiger partial charge in [-0.1, -0.05) is 18.2 Å². The zero-order chi connectivity index (χ0) is 16.6. The molecule has 23 heavy (non-hydrogen) atoms. The van der Waals surface area contributed by atoms with Crippen LogP contribution in [0.15, 0.2) is 35.3 Å². The summed E-state index contributed by atoms with van der Waals surface area (Å²) in [4.78, 5) is 24.3. The number of nitrogens with one attached hydrogen (secondary N) is 2. The lowest BCUT2D eigenvalue weighted by Crippen LogP contribution is -2.29. The molecule has 0 saturated heterocycles. The third kappa shape index (κ3) is 2.61. The molecule has 0 radical (unpaired) electrons. The Balaban J connectivity index is 1.94. The minimum absolute atomic E-state index is 0.202. The van der Waals surface area contributed by atoms with Crippen LogP contribution in [0, 0.1) is 6.92 Å². The molecule has 0 spiro atoms. The van der Waals surface area contributed by atoms with Crippen LogP contribution in [0.25, 0.3) is 10.8 Å². The van der Waals surface area contributed by atoms with Crippen LogP contribution >= 0.6 is 0 Å². The van der Waals surface area contributed by atoms with Crippen molar-refractivity contribution in [3.8, 4) is 0 Å². The molecular formula is C16H17N5O2. The normalized spacial score (nSPS) is 12.3. The molecule has 2 aromatic heterocycles. The first-order valence-corrected chi connectivity index (χ1v) is 7.26. The maximum Gasteiger partial charge on any atom is 0.272 e. The molecule has 1 aromatic carbocycles. The Bertz CT molecular complexity index is 941. The van der Waals surface area contributed by atoms with Crippen LogP contribution < -0.4 is 10.9 Å². The predicted molar refractivity (Wildman–Crippen MR) is 86.2 cm³/mol. The van der Waals surface area contributed by atoms with Crippen molar-refractivity contribution < 1.29 is 4.79 Å². The molecule has 7 heteroatoms. The van der Waals surface area contributed by atoms with E-state index in [1.807, 2.05) is 20.9 Å². The van der Waals surface area contributed by atoms with Gasteiger partial charge in [0.2, 0.25) is 0 Å². The van der Waals surface area contributed by atoms with Gasteiger partial charge in [-0.05, 0) is 19.9 Å². The Morgan fingerprint density at radius 3 is 2.65 bits per heavy atom. The number of aromatic nitrogens is 4. The van der Waals surface area contributed by atoms with Crippen molar-refractivity contribution in [2.24, 2.45) is 7.05 Å². The molecule has 0 aliphatic rings. The van der Waals surface area contributed by atoms with Crippen LogP contribution in [0.2, 0.25) is 0 Å². The number of carbonyl (C=O) groups excluding carboxylic acids is 1. The van der Waals surface area contributed by atoms with E-state index < -0.39 is 0 Å². The number of hydrogen-bond donors (Lipinski definition) is 2. The highest BCUT2D eigenvalue weighted by Crippen LogP contribution is 2.18. The average Bonchev–Trinajstić information content (AvgIpc) is 2.87. The summed E-state index contributed by atoms with van der Waals surface area (Å²) in [5.41, 5.74) is 1.81. The van der Waals surface area contributed by atoms with Crippen molar-refractivity contribution in [1.29, 1.82) is 0 Å². The summed E-state index contributed by atoms with van der Waals surface area (Å²) in [6.45, 7) is 3.83. The summed E-state index contributed by atoms with van der Waals surface area (Å²) in [6, 6.07) is 6.69. The van der Waals surface area contributed by atoms with E-state index in [4.69, 9.17) is 0 Å². The third-order valence-electron chi connectivity index (χ3n) is 4.00. The Labute approximate surface area is 132 Å². The van der Waals surface area contributed by atoms with Gasteiger partial charge in [-0.25, -0.2) is 5.10 Å². The Kier molecular flexibility index (Phi) is 3.69. The lowest BCUT2D eigenvalue weighted by atomic mass is 10.1. The number of nitrogens with zero attached hydrogens (tertiary/aromatic N) is 3. The maximum atomic E-state index is 12.5. The van der Waals surface area contributed by atoms with Gasteiger partial charge in [-0.3, -0.25) is 14.3 Å². The van der Waals surface area contributed by atoms with Gasteiger partial charge in [0.1, 0.15) is 0 Å². The van der Waals surface area contributed by atoms with Crippen molar-refractivity contribution in [2.75, 3.05) is 0 Å².